The predicted octanol–water partition coefficient (Wildman–Crippen LogP) is 2.90. The molecule has 6 heteroatoms. The summed E-state index contributed by atoms with van der Waals surface area (Å²) in [5.74, 6) is -1.31. The molecule has 5 nitrogen and oxygen atoms in total. The van der Waals surface area contributed by atoms with E-state index < -0.39 is 11.9 Å². The Bertz CT molecular complexity index is 536. The lowest BCUT2D eigenvalue weighted by atomic mass is 10.1. The molecule has 1 heterocycles. The number of nitrogens with zero attached hydrogens (tertiary/aromatic N) is 1. The predicted molar refractivity (Wildman–Crippen MR) is 77.3 cm³/mol. The number of hydrogen-bond donors (Lipinski definition) is 2. The number of urea groups is 1. The maximum Gasteiger partial charge on any atom is 0.321 e. The van der Waals surface area contributed by atoms with E-state index in [1.54, 1.807) is 12.1 Å². The van der Waals surface area contributed by atoms with Crippen molar-refractivity contribution in [1.29, 1.82) is 0 Å². The van der Waals surface area contributed by atoms with Gasteiger partial charge in [-0.1, -0.05) is 11.6 Å². The van der Waals surface area contributed by atoms with Crippen LogP contribution in [0.2, 0.25) is 5.02 Å². The van der Waals surface area contributed by atoms with E-state index in [4.69, 9.17) is 16.7 Å². The SMILES string of the molecule is Cc1cc(NC(=O)N2CCC(C(=O)O)C2)cc(C)c1Cl. The van der Waals surface area contributed by atoms with Crippen LogP contribution in [0.3, 0.4) is 0 Å². The van der Waals surface area contributed by atoms with Crippen LogP contribution in [-0.2, 0) is 4.79 Å². The monoisotopic (exact) mass is 296 g/mol. The number of carbonyl (C=O) groups is 2. The third-order valence-corrected chi connectivity index (χ3v) is 4.11. The Morgan fingerprint density at radius 3 is 2.45 bits per heavy atom. The molecule has 0 saturated carbocycles. The molecular formula is C14H17ClN2O3. The van der Waals surface area contributed by atoms with Gasteiger partial charge in [0.05, 0.1) is 5.92 Å². The fourth-order valence-electron chi connectivity index (χ4n) is 2.37. The molecule has 1 fully saturated rings. The number of carboxylic acids is 1. The molecule has 1 saturated heterocycles. The van der Waals surface area contributed by atoms with E-state index in [1.165, 1.54) is 4.90 Å². The zero-order valence-corrected chi connectivity index (χ0v) is 12.2. The lowest BCUT2D eigenvalue weighted by Crippen LogP contribution is -2.33. The minimum absolute atomic E-state index is 0.257. The Kier molecular flexibility index (Phi) is 4.18. The van der Waals surface area contributed by atoms with Gasteiger partial charge in [0, 0.05) is 23.8 Å². The summed E-state index contributed by atoms with van der Waals surface area (Å²) in [6, 6.07) is 3.34. The van der Waals surface area contributed by atoms with E-state index >= 15 is 0 Å². The minimum atomic E-state index is -0.849. The number of amides is 2. The highest BCUT2D eigenvalue weighted by Crippen LogP contribution is 2.25. The van der Waals surface area contributed by atoms with Gasteiger partial charge < -0.3 is 15.3 Å². The van der Waals surface area contributed by atoms with Gasteiger partial charge >= 0.3 is 12.0 Å². The largest absolute Gasteiger partial charge is 0.481 e. The highest BCUT2D eigenvalue weighted by Gasteiger charge is 2.30. The van der Waals surface area contributed by atoms with Gasteiger partial charge in [-0.05, 0) is 43.5 Å². The third kappa shape index (κ3) is 3.04. The fourth-order valence-corrected chi connectivity index (χ4v) is 2.48. The normalized spacial score (nSPS) is 18.1. The van der Waals surface area contributed by atoms with E-state index in [0.717, 1.165) is 11.1 Å². The Hall–Kier alpha value is -1.75. The third-order valence-electron chi connectivity index (χ3n) is 3.51. The van der Waals surface area contributed by atoms with Crippen molar-refractivity contribution in [3.63, 3.8) is 0 Å². The second-order valence-electron chi connectivity index (χ2n) is 5.12. The average Bonchev–Trinajstić information content (AvgIpc) is 2.85. The summed E-state index contributed by atoms with van der Waals surface area (Å²) < 4.78 is 0. The van der Waals surface area contributed by atoms with Crippen molar-refractivity contribution < 1.29 is 14.7 Å². The van der Waals surface area contributed by atoms with Gasteiger partial charge in [0.2, 0.25) is 0 Å². The maximum atomic E-state index is 12.1. The highest BCUT2D eigenvalue weighted by atomic mass is 35.5. The molecule has 2 N–H and O–H groups in total. The number of anilines is 1. The minimum Gasteiger partial charge on any atom is -0.481 e. The molecule has 0 aromatic heterocycles. The van der Waals surface area contributed by atoms with Crippen LogP contribution in [0.1, 0.15) is 17.5 Å². The first-order valence-corrected chi connectivity index (χ1v) is 6.81. The zero-order chi connectivity index (χ0) is 14.9. The van der Waals surface area contributed by atoms with Crippen LogP contribution in [-0.4, -0.2) is 35.1 Å². The van der Waals surface area contributed by atoms with Crippen LogP contribution in [0.5, 0.6) is 0 Å². The molecule has 1 unspecified atom stereocenters. The Morgan fingerprint density at radius 2 is 1.95 bits per heavy atom. The van der Waals surface area contributed by atoms with E-state index in [0.29, 0.717) is 23.7 Å². The van der Waals surface area contributed by atoms with Crippen molar-refractivity contribution in [3.8, 4) is 0 Å². The summed E-state index contributed by atoms with van der Waals surface area (Å²) in [6.45, 7) is 4.48. The molecule has 108 valence electrons. The van der Waals surface area contributed by atoms with Crippen LogP contribution in [0.15, 0.2) is 12.1 Å². The van der Waals surface area contributed by atoms with E-state index in [-0.39, 0.29) is 12.6 Å². The van der Waals surface area contributed by atoms with Crippen molar-refractivity contribution in [2.75, 3.05) is 18.4 Å². The molecule has 0 radical (unpaired) electrons. The van der Waals surface area contributed by atoms with Gasteiger partial charge in [-0.2, -0.15) is 0 Å². The molecule has 1 aliphatic heterocycles. The Labute approximate surface area is 122 Å². The summed E-state index contributed by atoms with van der Waals surface area (Å²) in [6.07, 6.45) is 0.501. The van der Waals surface area contributed by atoms with Crippen molar-refractivity contribution in [3.05, 3.63) is 28.3 Å². The van der Waals surface area contributed by atoms with E-state index in [2.05, 4.69) is 5.32 Å². The first-order valence-electron chi connectivity index (χ1n) is 6.44. The quantitative estimate of drug-likeness (QED) is 0.881. The molecule has 0 aliphatic carbocycles. The molecule has 2 rings (SSSR count). The first-order chi connectivity index (χ1) is 9.38. The zero-order valence-electron chi connectivity index (χ0n) is 11.4. The number of aliphatic carboxylic acids is 1. The van der Waals surface area contributed by atoms with Crippen molar-refractivity contribution in [1.82, 2.24) is 4.90 Å². The van der Waals surface area contributed by atoms with Gasteiger partial charge in [-0.3, -0.25) is 4.79 Å². The standard InChI is InChI=1S/C14H17ClN2O3/c1-8-5-11(6-9(2)12(8)15)16-14(20)17-4-3-10(7-17)13(18)19/h5-6,10H,3-4,7H2,1-2H3,(H,16,20)(H,18,19). The molecule has 1 aromatic rings. The average molecular weight is 297 g/mol. The number of rotatable bonds is 2. The number of nitrogens with one attached hydrogen (secondary N) is 1. The number of carboxylic acid groups (broad SMARTS) is 1. The topological polar surface area (TPSA) is 69.6 Å². The smallest absolute Gasteiger partial charge is 0.321 e. The van der Waals surface area contributed by atoms with Crippen molar-refractivity contribution in [2.45, 2.75) is 20.3 Å². The van der Waals surface area contributed by atoms with Gasteiger partial charge in [-0.15, -0.1) is 0 Å². The Balaban J connectivity index is 2.04. The second-order valence-corrected chi connectivity index (χ2v) is 5.50. The molecule has 0 spiro atoms. The van der Waals surface area contributed by atoms with Gasteiger partial charge in [0.15, 0.2) is 0 Å². The molecule has 20 heavy (non-hydrogen) atoms. The second kappa shape index (κ2) is 5.71. The van der Waals surface area contributed by atoms with Crippen LogP contribution in [0.25, 0.3) is 0 Å². The van der Waals surface area contributed by atoms with Crippen LogP contribution in [0.4, 0.5) is 10.5 Å². The number of benzene rings is 1. The summed E-state index contributed by atoms with van der Waals surface area (Å²) in [7, 11) is 0. The summed E-state index contributed by atoms with van der Waals surface area (Å²) in [5.41, 5.74) is 2.46. The highest BCUT2D eigenvalue weighted by molar-refractivity contribution is 6.32. The molecular weight excluding hydrogens is 280 g/mol. The maximum absolute atomic E-state index is 12.1. The van der Waals surface area contributed by atoms with E-state index in [9.17, 15) is 9.59 Å². The summed E-state index contributed by atoms with van der Waals surface area (Å²) in [5, 5.41) is 12.4. The molecule has 1 atom stereocenters. The molecule has 1 aromatic carbocycles. The summed E-state index contributed by atoms with van der Waals surface area (Å²) >= 11 is 6.08. The fraction of sp³-hybridized carbons (Fsp3) is 0.429. The molecule has 2 amide bonds. The lowest BCUT2D eigenvalue weighted by molar-refractivity contribution is -0.141. The van der Waals surface area contributed by atoms with Crippen molar-refractivity contribution >= 4 is 29.3 Å². The van der Waals surface area contributed by atoms with Gasteiger partial charge in [0.1, 0.15) is 0 Å². The molecule has 0 bridgehead atoms. The van der Waals surface area contributed by atoms with Crippen LogP contribution < -0.4 is 5.32 Å². The van der Waals surface area contributed by atoms with Crippen molar-refractivity contribution in [2.24, 2.45) is 5.92 Å². The molecule has 1 aliphatic rings. The summed E-state index contributed by atoms with van der Waals surface area (Å²) in [4.78, 5) is 24.5. The Morgan fingerprint density at radius 1 is 1.35 bits per heavy atom. The van der Waals surface area contributed by atoms with Gasteiger partial charge in [-0.25, -0.2) is 4.79 Å². The van der Waals surface area contributed by atoms with E-state index in [1.807, 2.05) is 13.8 Å². The number of likely N-dealkylation sites (tertiary alicyclic amines) is 1. The number of aryl methyl sites for hydroxylation is 2. The van der Waals surface area contributed by atoms with Crippen LogP contribution >= 0.6 is 11.6 Å². The van der Waals surface area contributed by atoms with Crippen LogP contribution in [0, 0.1) is 19.8 Å². The first kappa shape index (κ1) is 14.7. The number of hydrogen-bond acceptors (Lipinski definition) is 2. The number of halogens is 1. The van der Waals surface area contributed by atoms with Gasteiger partial charge in [0.25, 0.3) is 0 Å². The lowest BCUT2D eigenvalue weighted by Gasteiger charge is -2.17. The number of carbonyl (C=O) groups excluding carboxylic acids is 1.